The second-order valence-corrected chi connectivity index (χ2v) is 8.68. The number of rotatable bonds is 4. The van der Waals surface area contributed by atoms with Crippen molar-refractivity contribution in [3.8, 4) is 5.75 Å². The van der Waals surface area contributed by atoms with E-state index in [1.165, 1.54) is 44.2 Å². The highest BCUT2D eigenvalue weighted by Gasteiger charge is 2.48. The molecule has 0 spiro atoms. The quantitative estimate of drug-likeness (QED) is 0.751. The number of nitrogens with one attached hydrogen (secondary N) is 1. The number of benzene rings is 1. The summed E-state index contributed by atoms with van der Waals surface area (Å²) in [6.07, 6.45) is 6.28. The van der Waals surface area contributed by atoms with Gasteiger partial charge in [-0.3, -0.25) is 4.79 Å². The first-order valence-corrected chi connectivity index (χ1v) is 9.74. The van der Waals surface area contributed by atoms with Gasteiger partial charge < -0.3 is 15.2 Å². The van der Waals surface area contributed by atoms with Crippen molar-refractivity contribution in [2.45, 2.75) is 38.1 Å². The standard InChI is InChI=1S/C19H22BrNO4/c20-14-1-2-16(22)15(8-14)19(24)25-9-17(23)21-18-12-4-10-3-11(6-12)7-13(18)5-10/h1-2,8,10-13,18,22H,3-7,9H2,(H,21,23). The van der Waals surface area contributed by atoms with E-state index in [0.29, 0.717) is 16.3 Å². The molecule has 5 rings (SSSR count). The number of carbonyl (C=O) groups excluding carboxylic acids is 2. The molecule has 1 aromatic carbocycles. The van der Waals surface area contributed by atoms with Crippen LogP contribution in [0.4, 0.5) is 0 Å². The summed E-state index contributed by atoms with van der Waals surface area (Å²) in [7, 11) is 0. The van der Waals surface area contributed by atoms with Crippen LogP contribution in [0.2, 0.25) is 0 Å². The average molecular weight is 408 g/mol. The minimum atomic E-state index is -0.695. The normalized spacial score (nSPS) is 32.4. The van der Waals surface area contributed by atoms with E-state index in [2.05, 4.69) is 21.2 Å². The summed E-state index contributed by atoms with van der Waals surface area (Å²) in [6, 6.07) is 4.76. The largest absolute Gasteiger partial charge is 0.507 e. The van der Waals surface area contributed by atoms with Gasteiger partial charge in [-0.05, 0) is 74.0 Å². The first-order chi connectivity index (χ1) is 12.0. The van der Waals surface area contributed by atoms with Gasteiger partial charge in [-0.2, -0.15) is 0 Å². The maximum Gasteiger partial charge on any atom is 0.342 e. The van der Waals surface area contributed by atoms with Crippen LogP contribution in [-0.4, -0.2) is 29.6 Å². The highest BCUT2D eigenvalue weighted by atomic mass is 79.9. The van der Waals surface area contributed by atoms with Crippen LogP contribution in [0.15, 0.2) is 22.7 Å². The SMILES string of the molecule is O=C(COC(=O)c1cc(Br)ccc1O)NC1C2CC3CC(C2)CC1C3. The molecule has 0 unspecified atom stereocenters. The van der Waals surface area contributed by atoms with Crippen molar-refractivity contribution in [1.82, 2.24) is 5.32 Å². The number of phenols is 1. The average Bonchev–Trinajstić information content (AvgIpc) is 2.57. The third-order valence-corrected chi connectivity index (χ3v) is 6.56. The predicted octanol–water partition coefficient (Wildman–Crippen LogP) is 3.25. The van der Waals surface area contributed by atoms with Crippen molar-refractivity contribution < 1.29 is 19.4 Å². The number of phenolic OH excluding ortho intramolecular Hbond substituents is 1. The molecule has 5 nitrogen and oxygen atoms in total. The molecule has 0 heterocycles. The Kier molecular flexibility index (Phi) is 4.48. The molecule has 6 heteroatoms. The van der Waals surface area contributed by atoms with Crippen molar-refractivity contribution in [2.24, 2.45) is 23.7 Å². The molecular weight excluding hydrogens is 386 g/mol. The van der Waals surface area contributed by atoms with Crippen LogP contribution < -0.4 is 5.32 Å². The zero-order valence-corrected chi connectivity index (χ0v) is 15.5. The van der Waals surface area contributed by atoms with E-state index >= 15 is 0 Å². The lowest BCUT2D eigenvalue weighted by atomic mass is 9.54. The van der Waals surface area contributed by atoms with E-state index in [-0.39, 0.29) is 29.9 Å². The Balaban J connectivity index is 1.32. The fraction of sp³-hybridized carbons (Fsp3) is 0.579. The van der Waals surface area contributed by atoms with E-state index in [4.69, 9.17) is 4.74 Å². The van der Waals surface area contributed by atoms with E-state index in [1.54, 1.807) is 6.07 Å². The van der Waals surface area contributed by atoms with Crippen molar-refractivity contribution in [3.05, 3.63) is 28.2 Å². The van der Waals surface area contributed by atoms with Crippen LogP contribution in [0.3, 0.4) is 0 Å². The summed E-state index contributed by atoms with van der Waals surface area (Å²) in [4.78, 5) is 24.3. The fourth-order valence-corrected chi connectivity index (χ4v) is 5.63. The molecule has 4 saturated carbocycles. The van der Waals surface area contributed by atoms with Gasteiger partial charge in [-0.25, -0.2) is 4.79 Å². The van der Waals surface area contributed by atoms with Crippen molar-refractivity contribution in [3.63, 3.8) is 0 Å². The summed E-state index contributed by atoms with van der Waals surface area (Å²) in [5.41, 5.74) is 0.0526. The second-order valence-electron chi connectivity index (χ2n) is 7.76. The van der Waals surface area contributed by atoms with Gasteiger partial charge in [0.25, 0.3) is 5.91 Å². The van der Waals surface area contributed by atoms with Crippen molar-refractivity contribution >= 4 is 27.8 Å². The third kappa shape index (κ3) is 3.41. The number of hydrogen-bond donors (Lipinski definition) is 2. The van der Waals surface area contributed by atoms with Gasteiger partial charge in [0.05, 0.1) is 0 Å². The van der Waals surface area contributed by atoms with Gasteiger partial charge in [0, 0.05) is 10.5 Å². The number of esters is 1. The molecule has 4 bridgehead atoms. The van der Waals surface area contributed by atoms with Crippen LogP contribution >= 0.6 is 15.9 Å². The molecule has 0 atom stereocenters. The molecule has 2 N–H and O–H groups in total. The maximum atomic E-state index is 12.3. The Hall–Kier alpha value is -1.56. The van der Waals surface area contributed by atoms with Crippen LogP contribution in [-0.2, 0) is 9.53 Å². The molecule has 0 radical (unpaired) electrons. The Labute approximate surface area is 155 Å². The monoisotopic (exact) mass is 407 g/mol. The zero-order valence-electron chi connectivity index (χ0n) is 13.9. The van der Waals surface area contributed by atoms with Crippen LogP contribution in [0.25, 0.3) is 0 Å². The minimum absolute atomic E-state index is 0.0526. The number of aromatic hydroxyl groups is 1. The molecule has 1 amide bonds. The number of carbonyl (C=O) groups is 2. The molecular formula is C19H22BrNO4. The molecule has 1 aromatic rings. The van der Waals surface area contributed by atoms with Crippen molar-refractivity contribution in [1.29, 1.82) is 0 Å². The lowest BCUT2D eigenvalue weighted by Crippen LogP contribution is -2.56. The fourth-order valence-electron chi connectivity index (χ4n) is 5.27. The lowest BCUT2D eigenvalue weighted by molar-refractivity contribution is -0.128. The summed E-state index contributed by atoms with van der Waals surface area (Å²) in [6.45, 7) is -0.312. The number of halogens is 1. The highest BCUT2D eigenvalue weighted by Crippen LogP contribution is 2.53. The van der Waals surface area contributed by atoms with Gasteiger partial charge >= 0.3 is 5.97 Å². The summed E-state index contributed by atoms with van der Waals surface area (Å²) in [5.74, 6) is 1.78. The van der Waals surface area contributed by atoms with Crippen LogP contribution in [0.5, 0.6) is 5.75 Å². The maximum absolute atomic E-state index is 12.3. The number of amides is 1. The van der Waals surface area contributed by atoms with E-state index < -0.39 is 5.97 Å². The Bertz CT molecular complexity index is 677. The molecule has 0 saturated heterocycles. The minimum Gasteiger partial charge on any atom is -0.507 e. The Morgan fingerprint density at radius 3 is 2.40 bits per heavy atom. The summed E-state index contributed by atoms with van der Waals surface area (Å²) >= 11 is 3.25. The predicted molar refractivity (Wildman–Crippen MR) is 95.1 cm³/mol. The first kappa shape index (κ1) is 16.9. The molecule has 25 heavy (non-hydrogen) atoms. The summed E-state index contributed by atoms with van der Waals surface area (Å²) in [5, 5.41) is 12.9. The topological polar surface area (TPSA) is 75.6 Å². The number of hydrogen-bond acceptors (Lipinski definition) is 4. The molecule has 134 valence electrons. The second kappa shape index (κ2) is 6.63. The van der Waals surface area contributed by atoms with E-state index in [1.807, 2.05) is 0 Å². The van der Waals surface area contributed by atoms with Gasteiger partial charge in [-0.15, -0.1) is 0 Å². The van der Waals surface area contributed by atoms with E-state index in [0.717, 1.165) is 11.8 Å². The Morgan fingerprint density at radius 2 is 1.76 bits per heavy atom. The molecule has 4 fully saturated rings. The molecule has 0 aliphatic heterocycles. The zero-order chi connectivity index (χ0) is 17.6. The van der Waals surface area contributed by atoms with Gasteiger partial charge in [0.2, 0.25) is 0 Å². The summed E-state index contributed by atoms with van der Waals surface area (Å²) < 4.78 is 5.75. The molecule has 4 aliphatic rings. The first-order valence-electron chi connectivity index (χ1n) is 8.94. The van der Waals surface area contributed by atoms with E-state index in [9.17, 15) is 14.7 Å². The van der Waals surface area contributed by atoms with Gasteiger partial charge in [0.15, 0.2) is 6.61 Å². The van der Waals surface area contributed by atoms with Gasteiger partial charge in [0.1, 0.15) is 11.3 Å². The molecule has 4 aliphatic carbocycles. The number of ether oxygens (including phenoxy) is 1. The Morgan fingerprint density at radius 1 is 1.12 bits per heavy atom. The van der Waals surface area contributed by atoms with Crippen LogP contribution in [0.1, 0.15) is 42.5 Å². The molecule has 0 aromatic heterocycles. The van der Waals surface area contributed by atoms with Crippen molar-refractivity contribution in [2.75, 3.05) is 6.61 Å². The highest BCUT2D eigenvalue weighted by molar-refractivity contribution is 9.10. The van der Waals surface area contributed by atoms with Gasteiger partial charge in [-0.1, -0.05) is 15.9 Å². The smallest absolute Gasteiger partial charge is 0.342 e. The lowest BCUT2D eigenvalue weighted by Gasteiger charge is -2.54. The van der Waals surface area contributed by atoms with Crippen LogP contribution in [0, 0.1) is 23.7 Å². The third-order valence-electron chi connectivity index (χ3n) is 6.07.